The highest BCUT2D eigenvalue weighted by molar-refractivity contribution is 7.93. The molecule has 0 aliphatic carbocycles. The number of hydrogen-bond donors (Lipinski definition) is 0. The van der Waals surface area contributed by atoms with Crippen molar-refractivity contribution in [2.24, 2.45) is 0 Å². The van der Waals surface area contributed by atoms with Crippen molar-refractivity contribution in [1.29, 1.82) is 0 Å². The number of furan rings is 3. The second-order valence-electron chi connectivity index (χ2n) is 4.55. The quantitative estimate of drug-likeness (QED) is 0.676. The zero-order valence-corrected chi connectivity index (χ0v) is 12.3. The van der Waals surface area contributed by atoms with Gasteiger partial charge in [0.15, 0.2) is 0 Å². The van der Waals surface area contributed by atoms with Crippen LogP contribution < -0.4 is 16.5 Å². The van der Waals surface area contributed by atoms with Crippen LogP contribution in [0.2, 0.25) is 0 Å². The van der Waals surface area contributed by atoms with Gasteiger partial charge in [0.05, 0.1) is 25.7 Å². The zero-order chi connectivity index (χ0) is 13.8. The molecule has 3 heterocycles. The first-order valence-corrected chi connectivity index (χ1v) is 8.59. The minimum Gasteiger partial charge on any atom is -0.464 e. The van der Waals surface area contributed by atoms with Gasteiger partial charge in [0, 0.05) is 0 Å². The summed E-state index contributed by atoms with van der Waals surface area (Å²) in [6.45, 7) is 0.113. The van der Waals surface area contributed by atoms with Crippen LogP contribution in [0.15, 0.2) is 68.4 Å². The molecule has 0 saturated carbocycles. The van der Waals surface area contributed by atoms with Gasteiger partial charge in [0.1, 0.15) is 16.5 Å². The van der Waals surface area contributed by atoms with E-state index in [-0.39, 0.29) is 0 Å². The van der Waals surface area contributed by atoms with Crippen LogP contribution in [-0.4, -0.2) is 5.80 Å². The predicted octanol–water partition coefficient (Wildman–Crippen LogP) is 3.36. The highest BCUT2D eigenvalue weighted by Crippen LogP contribution is 2.44. The molecule has 0 saturated heterocycles. The molecule has 0 spiro atoms. The van der Waals surface area contributed by atoms with E-state index in [0.717, 1.165) is 29.3 Å². The Morgan fingerprint density at radius 3 is 1.60 bits per heavy atom. The Kier molecular flexibility index (Phi) is 3.70. The zero-order valence-electron chi connectivity index (χ0n) is 11.4. The minimum atomic E-state index is -2.05. The maximum atomic E-state index is 5.74. The van der Waals surface area contributed by atoms with E-state index in [1.165, 1.54) is 0 Å². The fourth-order valence-electron chi connectivity index (χ4n) is 2.33. The van der Waals surface area contributed by atoms with Crippen molar-refractivity contribution in [3.05, 3.63) is 55.2 Å². The lowest BCUT2D eigenvalue weighted by Gasteiger charge is -2.19. The van der Waals surface area contributed by atoms with Gasteiger partial charge in [-0.05, 0) is 42.8 Å². The van der Waals surface area contributed by atoms with Gasteiger partial charge < -0.3 is 13.3 Å². The predicted molar refractivity (Wildman–Crippen MR) is 82.9 cm³/mol. The average Bonchev–Trinajstić information content (AvgIpc) is 3.23. The van der Waals surface area contributed by atoms with Gasteiger partial charge in [0.2, 0.25) is 0 Å². The van der Waals surface area contributed by atoms with Gasteiger partial charge in [-0.1, -0.05) is 19.1 Å². The van der Waals surface area contributed by atoms with Crippen LogP contribution in [0, 0.1) is 0 Å². The molecule has 0 unspecified atom stereocenters. The largest absolute Gasteiger partial charge is 0.464 e. The summed E-state index contributed by atoms with van der Waals surface area (Å²) in [5.74, 6) is 2.31. The average molecular weight is 288 g/mol. The smallest absolute Gasteiger partial charge is 0.139 e. The fourth-order valence-corrected chi connectivity index (χ4v) is 5.81. The van der Waals surface area contributed by atoms with E-state index in [9.17, 15) is 0 Å². The molecule has 0 N–H and O–H groups in total. The normalized spacial score (nSPS) is 11.7. The van der Waals surface area contributed by atoms with Gasteiger partial charge in [-0.2, -0.15) is 0 Å². The minimum absolute atomic E-state index is 0.913. The van der Waals surface area contributed by atoms with Crippen molar-refractivity contribution in [1.82, 2.24) is 0 Å². The van der Waals surface area contributed by atoms with Crippen molar-refractivity contribution in [2.45, 2.75) is 19.8 Å². The van der Waals surface area contributed by atoms with Crippen molar-refractivity contribution in [2.75, 3.05) is 0 Å². The Morgan fingerprint density at radius 2 is 1.30 bits per heavy atom. The number of rotatable bonds is 5. The fraction of sp³-hybridized carbons (Fsp3) is 0.188. The van der Waals surface area contributed by atoms with Crippen LogP contribution in [0.25, 0.3) is 0 Å². The molecule has 0 aromatic carbocycles. The first kappa shape index (κ1) is 13.1. The Balaban J connectivity index is 2.30. The summed E-state index contributed by atoms with van der Waals surface area (Å²) < 4.78 is 17.2. The summed E-state index contributed by atoms with van der Waals surface area (Å²) >= 11 is 0. The monoisotopic (exact) mass is 288 g/mol. The highest BCUT2D eigenvalue weighted by Gasteiger charge is 2.32. The van der Waals surface area contributed by atoms with Crippen molar-refractivity contribution < 1.29 is 13.3 Å². The van der Waals surface area contributed by atoms with Crippen molar-refractivity contribution in [3.63, 3.8) is 0 Å². The first-order valence-electron chi connectivity index (χ1n) is 6.73. The Bertz CT molecular complexity index is 585. The van der Waals surface area contributed by atoms with Crippen LogP contribution in [0.1, 0.15) is 19.8 Å². The lowest BCUT2D eigenvalue weighted by molar-refractivity contribution is 0.584. The summed E-state index contributed by atoms with van der Waals surface area (Å²) in [7, 11) is 0. The highest BCUT2D eigenvalue weighted by atomic mass is 31.2. The third-order valence-electron chi connectivity index (χ3n) is 3.25. The topological polar surface area (TPSA) is 39.4 Å². The summed E-state index contributed by atoms with van der Waals surface area (Å²) in [5.41, 5.74) is 2.74. The van der Waals surface area contributed by atoms with Gasteiger partial charge in [-0.15, -0.1) is 0 Å². The molecule has 0 aliphatic rings. The maximum Gasteiger partial charge on any atom is 0.139 e. The van der Waals surface area contributed by atoms with E-state index >= 15 is 0 Å². The Labute approximate surface area is 118 Å². The molecule has 104 valence electrons. The molecule has 3 aromatic heterocycles. The molecule has 3 nitrogen and oxygen atoms in total. The van der Waals surface area contributed by atoms with E-state index < -0.39 is 6.89 Å². The first-order chi connectivity index (χ1) is 9.88. The van der Waals surface area contributed by atoms with E-state index in [4.69, 9.17) is 13.3 Å². The molecular weight excluding hydrogens is 271 g/mol. The standard InChI is InChI=1S/C16H17O3P/c1-2-3-13-20(14-7-4-10-17-14,15-8-5-11-18-15)16-9-6-12-19-16/h4-13H,2-3H2,1H3. The molecule has 3 rings (SSSR count). The van der Waals surface area contributed by atoms with Crippen LogP contribution in [0.4, 0.5) is 0 Å². The van der Waals surface area contributed by atoms with E-state index in [1.54, 1.807) is 18.8 Å². The molecule has 0 bridgehead atoms. The van der Waals surface area contributed by atoms with Crippen LogP contribution >= 0.6 is 6.89 Å². The Hall–Kier alpha value is -1.86. The van der Waals surface area contributed by atoms with Crippen LogP contribution in [0.5, 0.6) is 0 Å². The summed E-state index contributed by atoms with van der Waals surface area (Å²) in [6, 6.07) is 11.8. The number of unbranched alkanes of at least 4 members (excludes halogenated alkanes) is 1. The molecule has 3 aromatic rings. The number of hydrogen-bond acceptors (Lipinski definition) is 3. The molecule has 4 heteroatoms. The maximum absolute atomic E-state index is 5.74. The van der Waals surface area contributed by atoms with Gasteiger partial charge in [-0.3, -0.25) is 0 Å². The van der Waals surface area contributed by atoms with Crippen molar-refractivity contribution >= 4 is 29.2 Å². The molecular formula is C16H17O3P. The molecule has 0 aliphatic heterocycles. The molecule has 20 heavy (non-hydrogen) atoms. The van der Waals surface area contributed by atoms with Gasteiger partial charge >= 0.3 is 0 Å². The van der Waals surface area contributed by atoms with Crippen LogP contribution in [-0.2, 0) is 0 Å². The lowest BCUT2D eigenvalue weighted by Crippen LogP contribution is -2.24. The van der Waals surface area contributed by atoms with Gasteiger partial charge in [0.25, 0.3) is 0 Å². The SMILES string of the molecule is CCCC=P(c1ccco1)(c1ccco1)c1ccco1. The van der Waals surface area contributed by atoms with Gasteiger partial charge in [-0.25, -0.2) is 0 Å². The molecule has 0 radical (unpaired) electrons. The van der Waals surface area contributed by atoms with Crippen molar-refractivity contribution in [3.8, 4) is 0 Å². The molecule has 0 atom stereocenters. The third kappa shape index (κ3) is 2.08. The second kappa shape index (κ2) is 5.64. The third-order valence-corrected chi connectivity index (χ3v) is 6.91. The summed E-state index contributed by atoms with van der Waals surface area (Å²) in [4.78, 5) is 0. The van der Waals surface area contributed by atoms with Crippen LogP contribution in [0.3, 0.4) is 0 Å². The van der Waals surface area contributed by atoms with E-state index in [0.29, 0.717) is 0 Å². The summed E-state index contributed by atoms with van der Waals surface area (Å²) in [6.07, 6.45) is 7.17. The Morgan fingerprint density at radius 1 is 0.850 bits per heavy atom. The van der Waals surface area contributed by atoms with E-state index in [1.807, 2.05) is 36.4 Å². The molecule has 0 amide bonds. The molecule has 0 fully saturated rings. The lowest BCUT2D eigenvalue weighted by atomic mass is 10.4. The van der Waals surface area contributed by atoms with E-state index in [2.05, 4.69) is 12.7 Å². The summed E-state index contributed by atoms with van der Waals surface area (Å²) in [5, 5.41) is 0. The second-order valence-corrected chi connectivity index (χ2v) is 7.68.